The van der Waals surface area contributed by atoms with Gasteiger partial charge in [0.2, 0.25) is 0 Å². The molecule has 0 unspecified atom stereocenters. The normalized spacial score (nSPS) is 12.0. The van der Waals surface area contributed by atoms with Crippen molar-refractivity contribution < 1.29 is 9.53 Å². The van der Waals surface area contributed by atoms with E-state index in [1.807, 2.05) is 18.2 Å². The van der Waals surface area contributed by atoms with Crippen LogP contribution >= 0.6 is 11.3 Å². The lowest BCUT2D eigenvalue weighted by Crippen LogP contribution is -2.26. The molecule has 25 heavy (non-hydrogen) atoms. The lowest BCUT2D eigenvalue weighted by atomic mass is 9.95. The average Bonchev–Trinajstić information content (AvgIpc) is 2.91. The number of esters is 1. The van der Waals surface area contributed by atoms with Gasteiger partial charge in [0.25, 0.3) is 0 Å². The number of thiophene rings is 1. The monoisotopic (exact) mass is 357 g/mol. The molecule has 0 aliphatic heterocycles. The van der Waals surface area contributed by atoms with Gasteiger partial charge in [-0.15, -0.1) is 11.3 Å². The molecule has 0 aliphatic carbocycles. The molecule has 0 fully saturated rings. The summed E-state index contributed by atoms with van der Waals surface area (Å²) in [6.07, 6.45) is 0. The number of nitrogen functional groups attached to an aromatic ring is 1. The number of nitrogens with one attached hydrogen (secondary N) is 1. The Morgan fingerprint density at radius 1 is 1.36 bits per heavy atom. The lowest BCUT2D eigenvalue weighted by molar-refractivity contribution is 0.0530. The van der Waals surface area contributed by atoms with E-state index in [4.69, 9.17) is 10.5 Å². The standard InChI is InChI=1S/C19H23N3O2S/c1-4-24-19(23)17-15(14(10-20)18(21)25-17)11-22-16(12(2)3)13-8-6-5-7-9-13/h5-9,12,16,22H,4,11,21H2,1-3H3/t16-/m0/s1. The van der Waals surface area contributed by atoms with Gasteiger partial charge in [0.15, 0.2) is 0 Å². The van der Waals surface area contributed by atoms with Gasteiger partial charge >= 0.3 is 5.97 Å². The third-order valence-electron chi connectivity index (χ3n) is 3.93. The molecule has 132 valence electrons. The van der Waals surface area contributed by atoms with Crippen LogP contribution in [0.4, 0.5) is 5.00 Å². The number of ether oxygens (including phenoxy) is 1. The maximum absolute atomic E-state index is 12.2. The Labute approximate surface area is 152 Å². The number of nitrogens with zero attached hydrogens (tertiary/aromatic N) is 1. The second-order valence-electron chi connectivity index (χ2n) is 5.99. The fourth-order valence-electron chi connectivity index (χ4n) is 2.75. The summed E-state index contributed by atoms with van der Waals surface area (Å²) in [4.78, 5) is 12.6. The molecule has 0 saturated heterocycles. The summed E-state index contributed by atoms with van der Waals surface area (Å²) in [6, 6.07) is 12.3. The molecular weight excluding hydrogens is 334 g/mol. The predicted molar refractivity (Wildman–Crippen MR) is 100 cm³/mol. The van der Waals surface area contributed by atoms with Gasteiger partial charge < -0.3 is 15.8 Å². The predicted octanol–water partition coefficient (Wildman–Crippen LogP) is 3.87. The molecule has 0 bridgehead atoms. The molecule has 0 saturated carbocycles. The minimum atomic E-state index is -0.432. The van der Waals surface area contributed by atoms with E-state index in [2.05, 4.69) is 37.4 Å². The molecule has 1 aromatic carbocycles. The van der Waals surface area contributed by atoms with Crippen LogP contribution in [0.25, 0.3) is 0 Å². The van der Waals surface area contributed by atoms with E-state index >= 15 is 0 Å². The van der Waals surface area contributed by atoms with Gasteiger partial charge in [-0.2, -0.15) is 5.26 Å². The van der Waals surface area contributed by atoms with E-state index in [0.717, 1.165) is 16.9 Å². The molecule has 0 amide bonds. The van der Waals surface area contributed by atoms with E-state index in [1.54, 1.807) is 6.92 Å². The lowest BCUT2D eigenvalue weighted by Gasteiger charge is -2.23. The van der Waals surface area contributed by atoms with Gasteiger partial charge in [0.05, 0.1) is 12.2 Å². The molecule has 0 radical (unpaired) electrons. The van der Waals surface area contributed by atoms with Gasteiger partial charge in [-0.3, -0.25) is 0 Å². The van der Waals surface area contributed by atoms with Crippen molar-refractivity contribution in [2.45, 2.75) is 33.4 Å². The average molecular weight is 357 g/mol. The van der Waals surface area contributed by atoms with Crippen molar-refractivity contribution >= 4 is 22.3 Å². The summed E-state index contributed by atoms with van der Waals surface area (Å²) in [5.74, 6) is -0.0896. The Hall–Kier alpha value is -2.36. The van der Waals surface area contributed by atoms with Gasteiger partial charge in [0, 0.05) is 18.2 Å². The van der Waals surface area contributed by atoms with Crippen molar-refractivity contribution in [1.29, 1.82) is 5.26 Å². The van der Waals surface area contributed by atoms with Crippen LogP contribution in [0, 0.1) is 17.2 Å². The molecule has 3 N–H and O–H groups in total. The first kappa shape index (κ1) is 19.0. The zero-order valence-electron chi connectivity index (χ0n) is 14.7. The summed E-state index contributed by atoms with van der Waals surface area (Å²) in [6.45, 7) is 6.67. The highest BCUT2D eigenvalue weighted by Crippen LogP contribution is 2.32. The summed E-state index contributed by atoms with van der Waals surface area (Å²) in [5, 5.41) is 13.2. The van der Waals surface area contributed by atoms with Crippen molar-refractivity contribution in [2.24, 2.45) is 5.92 Å². The first-order valence-electron chi connectivity index (χ1n) is 8.26. The number of anilines is 1. The summed E-state index contributed by atoms with van der Waals surface area (Å²) >= 11 is 1.11. The molecule has 2 rings (SSSR count). The number of hydrogen-bond donors (Lipinski definition) is 2. The van der Waals surface area contributed by atoms with Crippen LogP contribution in [0.1, 0.15) is 53.2 Å². The molecule has 1 aromatic heterocycles. The summed E-state index contributed by atoms with van der Waals surface area (Å²) in [7, 11) is 0. The van der Waals surface area contributed by atoms with Gasteiger partial charge in [-0.05, 0) is 18.4 Å². The van der Waals surface area contributed by atoms with Crippen LogP contribution in [-0.4, -0.2) is 12.6 Å². The molecule has 1 heterocycles. The van der Waals surface area contributed by atoms with Crippen LogP contribution in [0.15, 0.2) is 30.3 Å². The molecule has 2 aromatic rings. The van der Waals surface area contributed by atoms with Crippen LogP contribution < -0.4 is 11.1 Å². The minimum absolute atomic E-state index is 0.101. The maximum atomic E-state index is 12.2. The highest BCUT2D eigenvalue weighted by atomic mass is 32.1. The Morgan fingerprint density at radius 2 is 2.04 bits per heavy atom. The van der Waals surface area contributed by atoms with E-state index in [-0.39, 0.29) is 12.6 Å². The SMILES string of the molecule is CCOC(=O)c1sc(N)c(C#N)c1CN[C@H](c1ccccc1)C(C)C. The number of carbonyl (C=O) groups is 1. The topological polar surface area (TPSA) is 88.1 Å². The Balaban J connectivity index is 2.29. The minimum Gasteiger partial charge on any atom is -0.462 e. The zero-order chi connectivity index (χ0) is 18.4. The van der Waals surface area contributed by atoms with Crippen molar-refractivity contribution in [3.05, 3.63) is 51.9 Å². The molecule has 5 nitrogen and oxygen atoms in total. The van der Waals surface area contributed by atoms with Crippen molar-refractivity contribution in [3.63, 3.8) is 0 Å². The number of hydrogen-bond acceptors (Lipinski definition) is 6. The van der Waals surface area contributed by atoms with Crippen LogP contribution in [0.5, 0.6) is 0 Å². The molecule has 6 heteroatoms. The highest BCUT2D eigenvalue weighted by Gasteiger charge is 2.24. The Kier molecular flexibility index (Phi) is 6.57. The van der Waals surface area contributed by atoms with Crippen LogP contribution in [0.3, 0.4) is 0 Å². The fourth-order valence-corrected chi connectivity index (χ4v) is 3.68. The quantitative estimate of drug-likeness (QED) is 0.735. The van der Waals surface area contributed by atoms with Gasteiger partial charge in [-0.1, -0.05) is 44.2 Å². The molecular formula is C19H23N3O2S. The van der Waals surface area contributed by atoms with E-state index < -0.39 is 5.97 Å². The molecule has 0 spiro atoms. The van der Waals surface area contributed by atoms with Crippen molar-refractivity contribution in [1.82, 2.24) is 5.32 Å². The number of nitrogens with two attached hydrogens (primary N) is 1. The maximum Gasteiger partial charge on any atom is 0.348 e. The summed E-state index contributed by atoms with van der Waals surface area (Å²) < 4.78 is 5.10. The van der Waals surface area contributed by atoms with Crippen LogP contribution in [0.2, 0.25) is 0 Å². The van der Waals surface area contributed by atoms with Crippen LogP contribution in [-0.2, 0) is 11.3 Å². The highest BCUT2D eigenvalue weighted by molar-refractivity contribution is 7.18. The van der Waals surface area contributed by atoms with E-state index in [0.29, 0.717) is 33.5 Å². The number of rotatable bonds is 7. The first-order valence-corrected chi connectivity index (χ1v) is 9.07. The fraction of sp³-hybridized carbons (Fsp3) is 0.368. The number of benzene rings is 1. The number of nitriles is 1. The second-order valence-corrected chi connectivity index (χ2v) is 7.05. The Morgan fingerprint density at radius 3 is 2.60 bits per heavy atom. The van der Waals surface area contributed by atoms with Gasteiger partial charge in [0.1, 0.15) is 15.9 Å². The van der Waals surface area contributed by atoms with E-state index in [1.165, 1.54) is 0 Å². The van der Waals surface area contributed by atoms with Crippen molar-refractivity contribution in [3.8, 4) is 6.07 Å². The van der Waals surface area contributed by atoms with E-state index in [9.17, 15) is 10.1 Å². The van der Waals surface area contributed by atoms with Gasteiger partial charge in [-0.25, -0.2) is 4.79 Å². The zero-order valence-corrected chi connectivity index (χ0v) is 15.5. The smallest absolute Gasteiger partial charge is 0.348 e. The molecule has 0 aliphatic rings. The number of carbonyl (C=O) groups excluding carboxylic acids is 1. The second kappa shape index (κ2) is 8.65. The Bertz CT molecular complexity index is 763. The third-order valence-corrected chi connectivity index (χ3v) is 4.97. The first-order chi connectivity index (χ1) is 12.0. The molecule has 1 atom stereocenters. The van der Waals surface area contributed by atoms with Crippen molar-refractivity contribution in [2.75, 3.05) is 12.3 Å². The largest absolute Gasteiger partial charge is 0.462 e. The summed E-state index contributed by atoms with van der Waals surface area (Å²) in [5.41, 5.74) is 8.06. The third kappa shape index (κ3) is 4.38.